The van der Waals surface area contributed by atoms with Crippen molar-refractivity contribution in [1.82, 2.24) is 10.6 Å². The Hall–Kier alpha value is -0.100. The van der Waals surface area contributed by atoms with Gasteiger partial charge in [-0.05, 0) is 67.2 Å². The van der Waals surface area contributed by atoms with Crippen molar-refractivity contribution in [3.63, 3.8) is 0 Å². The van der Waals surface area contributed by atoms with Gasteiger partial charge in [-0.2, -0.15) is 0 Å². The molecule has 1 fully saturated rings. The molecule has 0 saturated carbocycles. The number of hydrogen-bond donors (Lipinski definition) is 2. The van der Waals surface area contributed by atoms with Gasteiger partial charge in [0.25, 0.3) is 0 Å². The fourth-order valence-corrected chi connectivity index (χ4v) is 3.95. The lowest BCUT2D eigenvalue weighted by atomic mass is 9.99. The first kappa shape index (κ1) is 18.0. The Morgan fingerprint density at radius 1 is 1.55 bits per heavy atom. The summed E-state index contributed by atoms with van der Waals surface area (Å²) in [6.45, 7) is 3.22. The van der Waals surface area contributed by atoms with Crippen LogP contribution in [0.3, 0.4) is 0 Å². The zero-order valence-electron chi connectivity index (χ0n) is 11.7. The smallest absolute Gasteiger partial charge is 0.220 e. The molecule has 2 atom stereocenters. The predicted molar refractivity (Wildman–Crippen MR) is 90.8 cm³/mol. The van der Waals surface area contributed by atoms with Gasteiger partial charge in [0.05, 0.1) is 3.79 Å². The molecule has 2 unspecified atom stereocenters. The summed E-state index contributed by atoms with van der Waals surface area (Å²) in [5, 5.41) is 6.56. The van der Waals surface area contributed by atoms with Crippen molar-refractivity contribution in [3.05, 3.63) is 20.8 Å². The van der Waals surface area contributed by atoms with Gasteiger partial charge in [0.1, 0.15) is 0 Å². The number of hydrogen-bond acceptors (Lipinski definition) is 3. The largest absolute Gasteiger partial charge is 0.352 e. The summed E-state index contributed by atoms with van der Waals surface area (Å²) in [7, 11) is 0. The highest BCUT2D eigenvalue weighted by molar-refractivity contribution is 9.11. The summed E-state index contributed by atoms with van der Waals surface area (Å²) in [6.07, 6.45) is 4.78. The van der Waals surface area contributed by atoms with Gasteiger partial charge < -0.3 is 10.6 Å². The lowest BCUT2D eigenvalue weighted by molar-refractivity contribution is -0.122. The Morgan fingerprint density at radius 2 is 2.35 bits per heavy atom. The number of carbonyl (C=O) groups is 1. The molecular weight excluding hydrogens is 360 g/mol. The highest BCUT2D eigenvalue weighted by Gasteiger charge is 2.21. The van der Waals surface area contributed by atoms with Gasteiger partial charge in [-0.1, -0.05) is 0 Å². The van der Waals surface area contributed by atoms with E-state index in [1.54, 1.807) is 11.3 Å². The van der Waals surface area contributed by atoms with Gasteiger partial charge in [-0.15, -0.1) is 23.7 Å². The Kier molecular flexibility index (Phi) is 8.10. The summed E-state index contributed by atoms with van der Waals surface area (Å²) >= 11 is 5.21. The number of nitrogens with one attached hydrogen (secondary N) is 2. The number of carbonyl (C=O) groups excluding carboxylic acids is 1. The van der Waals surface area contributed by atoms with Crippen LogP contribution < -0.4 is 10.6 Å². The molecule has 6 heteroatoms. The second kappa shape index (κ2) is 9.03. The molecule has 0 aromatic carbocycles. The summed E-state index contributed by atoms with van der Waals surface area (Å²) < 4.78 is 1.16. The molecule has 2 N–H and O–H groups in total. The minimum Gasteiger partial charge on any atom is -0.352 e. The van der Waals surface area contributed by atoms with E-state index in [2.05, 4.69) is 45.6 Å². The van der Waals surface area contributed by atoms with E-state index in [1.807, 2.05) is 0 Å². The highest BCUT2D eigenvalue weighted by atomic mass is 79.9. The van der Waals surface area contributed by atoms with Crippen molar-refractivity contribution >= 4 is 45.6 Å². The lowest BCUT2D eigenvalue weighted by Crippen LogP contribution is -2.51. The second-order valence-corrected chi connectivity index (χ2v) is 7.67. The summed E-state index contributed by atoms with van der Waals surface area (Å²) in [4.78, 5) is 13.2. The molecule has 1 amide bonds. The van der Waals surface area contributed by atoms with Crippen LogP contribution in [0.15, 0.2) is 15.9 Å². The molecular formula is C14H22BrClN2OS. The zero-order valence-corrected chi connectivity index (χ0v) is 14.9. The molecule has 2 rings (SSSR count). The van der Waals surface area contributed by atoms with Crippen LogP contribution in [0.5, 0.6) is 0 Å². The van der Waals surface area contributed by atoms with Crippen LogP contribution in [0.4, 0.5) is 0 Å². The Bertz CT molecular complexity index is 427. The van der Waals surface area contributed by atoms with Crippen LogP contribution in [0.2, 0.25) is 0 Å². The van der Waals surface area contributed by atoms with Gasteiger partial charge in [0, 0.05) is 23.4 Å². The fraction of sp³-hybridized carbons (Fsp3) is 0.643. The second-order valence-electron chi connectivity index (χ2n) is 5.12. The molecule has 2 heterocycles. The maximum Gasteiger partial charge on any atom is 0.220 e. The van der Waals surface area contributed by atoms with E-state index >= 15 is 0 Å². The van der Waals surface area contributed by atoms with Gasteiger partial charge >= 0.3 is 0 Å². The predicted octanol–water partition coefficient (Wildman–Crippen LogP) is 3.51. The summed E-state index contributed by atoms with van der Waals surface area (Å²) in [5.41, 5.74) is 0. The van der Waals surface area contributed by atoms with Gasteiger partial charge in [-0.25, -0.2) is 0 Å². The Morgan fingerprint density at radius 3 is 3.00 bits per heavy atom. The maximum absolute atomic E-state index is 11.9. The molecule has 0 aliphatic carbocycles. The Labute approximate surface area is 139 Å². The molecule has 1 aliphatic rings. The van der Waals surface area contributed by atoms with Crippen molar-refractivity contribution in [1.29, 1.82) is 0 Å². The number of halogens is 2. The topological polar surface area (TPSA) is 41.1 Å². The van der Waals surface area contributed by atoms with E-state index in [4.69, 9.17) is 0 Å². The van der Waals surface area contributed by atoms with Crippen LogP contribution >= 0.6 is 39.7 Å². The average Bonchev–Trinajstić information content (AvgIpc) is 2.78. The van der Waals surface area contributed by atoms with E-state index in [-0.39, 0.29) is 18.3 Å². The van der Waals surface area contributed by atoms with E-state index in [9.17, 15) is 4.79 Å². The molecule has 1 aliphatic heterocycles. The van der Waals surface area contributed by atoms with Crippen LogP contribution in [0, 0.1) is 0 Å². The normalized spacial score (nSPS) is 22.1. The molecule has 114 valence electrons. The van der Waals surface area contributed by atoms with Crippen molar-refractivity contribution < 1.29 is 4.79 Å². The Balaban J connectivity index is 0.00000200. The van der Waals surface area contributed by atoms with Crippen LogP contribution in [0.1, 0.15) is 37.5 Å². The zero-order chi connectivity index (χ0) is 13.7. The SMILES string of the molecule is CC1NCCCC1NC(=O)CCCc1ccc(Br)s1.Cl. The number of aryl methyl sites for hydroxylation is 1. The van der Waals surface area contributed by atoms with Crippen molar-refractivity contribution in [3.8, 4) is 0 Å². The molecule has 0 bridgehead atoms. The molecule has 1 aromatic rings. The first-order valence-electron chi connectivity index (χ1n) is 6.92. The lowest BCUT2D eigenvalue weighted by Gasteiger charge is -2.30. The van der Waals surface area contributed by atoms with E-state index in [0.29, 0.717) is 18.5 Å². The average molecular weight is 382 g/mol. The highest BCUT2D eigenvalue weighted by Crippen LogP contribution is 2.23. The monoisotopic (exact) mass is 380 g/mol. The van der Waals surface area contributed by atoms with Crippen LogP contribution in [-0.2, 0) is 11.2 Å². The minimum atomic E-state index is 0. The first-order valence-corrected chi connectivity index (χ1v) is 8.53. The van der Waals surface area contributed by atoms with Gasteiger partial charge in [0.2, 0.25) is 5.91 Å². The van der Waals surface area contributed by atoms with Gasteiger partial charge in [-0.3, -0.25) is 4.79 Å². The van der Waals surface area contributed by atoms with E-state index in [0.717, 1.165) is 36.0 Å². The van der Waals surface area contributed by atoms with E-state index in [1.165, 1.54) is 4.88 Å². The molecule has 1 saturated heterocycles. The third-order valence-corrected chi connectivity index (χ3v) is 5.25. The summed E-state index contributed by atoms with van der Waals surface area (Å²) in [5.74, 6) is 0.191. The van der Waals surface area contributed by atoms with E-state index < -0.39 is 0 Å². The van der Waals surface area contributed by atoms with Gasteiger partial charge in [0.15, 0.2) is 0 Å². The number of piperidine rings is 1. The molecule has 1 aromatic heterocycles. The minimum absolute atomic E-state index is 0. The number of amides is 1. The molecule has 0 radical (unpaired) electrons. The molecule has 20 heavy (non-hydrogen) atoms. The van der Waals surface area contributed by atoms with Crippen molar-refractivity contribution in [2.45, 2.75) is 51.1 Å². The maximum atomic E-state index is 11.9. The van der Waals surface area contributed by atoms with Crippen LogP contribution in [0.25, 0.3) is 0 Å². The third kappa shape index (κ3) is 5.72. The van der Waals surface area contributed by atoms with Crippen molar-refractivity contribution in [2.24, 2.45) is 0 Å². The fourth-order valence-electron chi connectivity index (χ4n) is 2.43. The van der Waals surface area contributed by atoms with Crippen LogP contribution in [-0.4, -0.2) is 24.5 Å². The standard InChI is InChI=1S/C14H21BrN2OS.ClH/c1-10-12(5-3-9-16-10)17-14(18)6-2-4-11-7-8-13(15)19-11;/h7-8,10,12,16H,2-6,9H2,1H3,(H,17,18);1H. The molecule has 3 nitrogen and oxygen atoms in total. The number of rotatable bonds is 5. The first-order chi connectivity index (χ1) is 9.15. The summed E-state index contributed by atoms with van der Waals surface area (Å²) in [6, 6.07) is 4.89. The molecule has 0 spiro atoms. The third-order valence-electron chi connectivity index (χ3n) is 3.56. The van der Waals surface area contributed by atoms with Crippen molar-refractivity contribution in [2.75, 3.05) is 6.54 Å². The quantitative estimate of drug-likeness (QED) is 0.819. The number of thiophene rings is 1.